The number of methoxy groups -OCH3 is 3. The second-order valence-corrected chi connectivity index (χ2v) is 6.64. The van der Waals surface area contributed by atoms with Crippen LogP contribution in [0.4, 0.5) is 0 Å². The van der Waals surface area contributed by atoms with Gasteiger partial charge in [0, 0.05) is 23.6 Å². The van der Waals surface area contributed by atoms with Gasteiger partial charge in [0.05, 0.1) is 21.3 Å². The SMILES string of the molecule is COc1ccc(Cn2ccc3cc(-c4ccc(OC)c(OC)c4)ccc32)cc1. The van der Waals surface area contributed by atoms with Crippen molar-refractivity contribution < 1.29 is 14.2 Å². The molecule has 4 nitrogen and oxygen atoms in total. The third-order valence-electron chi connectivity index (χ3n) is 5.00. The number of fused-ring (bicyclic) bond motifs is 1. The van der Waals surface area contributed by atoms with Gasteiger partial charge in [-0.15, -0.1) is 0 Å². The largest absolute Gasteiger partial charge is 0.497 e. The highest BCUT2D eigenvalue weighted by molar-refractivity contribution is 5.86. The van der Waals surface area contributed by atoms with Crippen molar-refractivity contribution >= 4 is 10.9 Å². The van der Waals surface area contributed by atoms with Gasteiger partial charge in [-0.2, -0.15) is 0 Å². The van der Waals surface area contributed by atoms with E-state index in [1.807, 2.05) is 24.3 Å². The van der Waals surface area contributed by atoms with Crippen LogP contribution in [-0.2, 0) is 6.54 Å². The van der Waals surface area contributed by atoms with Crippen molar-refractivity contribution in [3.63, 3.8) is 0 Å². The van der Waals surface area contributed by atoms with Crippen molar-refractivity contribution in [1.29, 1.82) is 0 Å². The Kier molecular flexibility index (Phi) is 4.94. The maximum Gasteiger partial charge on any atom is 0.161 e. The monoisotopic (exact) mass is 373 g/mol. The lowest BCUT2D eigenvalue weighted by Crippen LogP contribution is -1.97. The lowest BCUT2D eigenvalue weighted by molar-refractivity contribution is 0.355. The second kappa shape index (κ2) is 7.69. The van der Waals surface area contributed by atoms with Crippen LogP contribution in [0.15, 0.2) is 72.9 Å². The summed E-state index contributed by atoms with van der Waals surface area (Å²) < 4.78 is 18.3. The van der Waals surface area contributed by atoms with Gasteiger partial charge in [0.1, 0.15) is 5.75 Å². The van der Waals surface area contributed by atoms with E-state index in [9.17, 15) is 0 Å². The first-order chi connectivity index (χ1) is 13.7. The molecule has 0 N–H and O–H groups in total. The van der Waals surface area contributed by atoms with Gasteiger partial charge in [-0.1, -0.05) is 24.3 Å². The summed E-state index contributed by atoms with van der Waals surface area (Å²) in [4.78, 5) is 0. The van der Waals surface area contributed by atoms with Gasteiger partial charge in [0.2, 0.25) is 0 Å². The fourth-order valence-electron chi connectivity index (χ4n) is 3.46. The molecule has 0 radical (unpaired) electrons. The van der Waals surface area contributed by atoms with E-state index >= 15 is 0 Å². The van der Waals surface area contributed by atoms with Gasteiger partial charge in [0.15, 0.2) is 11.5 Å². The van der Waals surface area contributed by atoms with Gasteiger partial charge < -0.3 is 18.8 Å². The van der Waals surface area contributed by atoms with Crippen LogP contribution in [-0.4, -0.2) is 25.9 Å². The van der Waals surface area contributed by atoms with E-state index in [0.717, 1.165) is 34.9 Å². The molecule has 0 fully saturated rings. The van der Waals surface area contributed by atoms with E-state index in [2.05, 4.69) is 53.2 Å². The van der Waals surface area contributed by atoms with Gasteiger partial charge in [0.25, 0.3) is 0 Å². The number of aromatic nitrogens is 1. The molecule has 4 aromatic rings. The molecule has 0 aliphatic rings. The molecule has 0 aliphatic carbocycles. The van der Waals surface area contributed by atoms with Crippen molar-refractivity contribution in [3.05, 3.63) is 78.5 Å². The van der Waals surface area contributed by atoms with E-state index in [0.29, 0.717) is 0 Å². The summed E-state index contributed by atoms with van der Waals surface area (Å²) in [7, 11) is 4.99. The lowest BCUT2D eigenvalue weighted by Gasteiger charge is -2.10. The predicted octanol–water partition coefficient (Wildman–Crippen LogP) is 5.38. The molecule has 0 atom stereocenters. The first kappa shape index (κ1) is 18.0. The van der Waals surface area contributed by atoms with Crippen LogP contribution in [0.3, 0.4) is 0 Å². The minimum Gasteiger partial charge on any atom is -0.497 e. The molecule has 3 aromatic carbocycles. The Hall–Kier alpha value is -3.40. The molecule has 1 heterocycles. The van der Waals surface area contributed by atoms with Crippen LogP contribution in [0.2, 0.25) is 0 Å². The van der Waals surface area contributed by atoms with Gasteiger partial charge in [-0.05, 0) is 59.2 Å². The summed E-state index contributed by atoms with van der Waals surface area (Å²) >= 11 is 0. The Morgan fingerprint density at radius 1 is 0.679 bits per heavy atom. The quantitative estimate of drug-likeness (QED) is 0.455. The average molecular weight is 373 g/mol. The van der Waals surface area contributed by atoms with Crippen molar-refractivity contribution in [3.8, 4) is 28.4 Å². The first-order valence-electron chi connectivity index (χ1n) is 9.16. The lowest BCUT2D eigenvalue weighted by atomic mass is 10.0. The number of rotatable bonds is 6. The number of nitrogens with zero attached hydrogens (tertiary/aromatic N) is 1. The minimum atomic E-state index is 0.733. The fourth-order valence-corrected chi connectivity index (χ4v) is 3.46. The van der Waals surface area contributed by atoms with Crippen LogP contribution in [0.1, 0.15) is 5.56 Å². The van der Waals surface area contributed by atoms with E-state index < -0.39 is 0 Å². The molecule has 4 rings (SSSR count). The molecule has 1 aromatic heterocycles. The Labute approximate surface area is 164 Å². The summed E-state index contributed by atoms with van der Waals surface area (Å²) in [5, 5.41) is 1.21. The highest BCUT2D eigenvalue weighted by Gasteiger charge is 2.08. The molecule has 4 heteroatoms. The molecule has 0 spiro atoms. The first-order valence-corrected chi connectivity index (χ1v) is 9.16. The smallest absolute Gasteiger partial charge is 0.161 e. The topological polar surface area (TPSA) is 32.6 Å². The Balaban J connectivity index is 1.64. The van der Waals surface area contributed by atoms with Crippen molar-refractivity contribution in [2.45, 2.75) is 6.54 Å². The molecule has 28 heavy (non-hydrogen) atoms. The van der Waals surface area contributed by atoms with Crippen molar-refractivity contribution in [2.24, 2.45) is 0 Å². The third kappa shape index (κ3) is 3.41. The summed E-state index contributed by atoms with van der Waals surface area (Å²) in [5.41, 5.74) is 4.69. The van der Waals surface area contributed by atoms with Gasteiger partial charge in [-0.25, -0.2) is 0 Å². The minimum absolute atomic E-state index is 0.733. The molecule has 0 saturated heterocycles. The zero-order chi connectivity index (χ0) is 19.5. The molecule has 0 unspecified atom stereocenters. The maximum atomic E-state index is 5.43. The van der Waals surface area contributed by atoms with E-state index in [-0.39, 0.29) is 0 Å². The van der Waals surface area contributed by atoms with Crippen LogP contribution in [0, 0.1) is 0 Å². The van der Waals surface area contributed by atoms with Gasteiger partial charge in [-0.3, -0.25) is 0 Å². The molecular formula is C24H23NO3. The zero-order valence-corrected chi connectivity index (χ0v) is 16.3. The normalized spacial score (nSPS) is 10.8. The number of ether oxygens (including phenoxy) is 3. The Morgan fingerprint density at radius 3 is 2.11 bits per heavy atom. The van der Waals surface area contributed by atoms with Crippen LogP contribution in [0.5, 0.6) is 17.2 Å². The van der Waals surface area contributed by atoms with Crippen molar-refractivity contribution in [2.75, 3.05) is 21.3 Å². The molecule has 0 amide bonds. The highest BCUT2D eigenvalue weighted by atomic mass is 16.5. The van der Waals surface area contributed by atoms with E-state index in [1.54, 1.807) is 21.3 Å². The average Bonchev–Trinajstić information content (AvgIpc) is 3.15. The van der Waals surface area contributed by atoms with E-state index in [1.165, 1.54) is 16.5 Å². The highest BCUT2D eigenvalue weighted by Crippen LogP contribution is 2.33. The number of benzene rings is 3. The van der Waals surface area contributed by atoms with Crippen LogP contribution >= 0.6 is 0 Å². The summed E-state index contributed by atoms with van der Waals surface area (Å²) in [6.45, 7) is 0.823. The molecule has 0 saturated carbocycles. The van der Waals surface area contributed by atoms with E-state index in [4.69, 9.17) is 14.2 Å². The standard InChI is InChI=1S/C24H23NO3/c1-26-21-8-4-17(5-9-21)16-25-13-12-20-14-18(6-10-22(20)25)19-7-11-23(27-2)24(15-19)28-3/h4-15H,16H2,1-3H3. The fraction of sp³-hybridized carbons (Fsp3) is 0.167. The Morgan fingerprint density at radius 2 is 1.39 bits per heavy atom. The number of hydrogen-bond acceptors (Lipinski definition) is 3. The zero-order valence-electron chi connectivity index (χ0n) is 16.3. The van der Waals surface area contributed by atoms with Gasteiger partial charge >= 0.3 is 0 Å². The summed E-state index contributed by atoms with van der Waals surface area (Å²) in [6.07, 6.45) is 2.13. The van der Waals surface area contributed by atoms with Crippen molar-refractivity contribution in [1.82, 2.24) is 4.57 Å². The Bertz CT molecular complexity index is 1100. The second-order valence-electron chi connectivity index (χ2n) is 6.64. The third-order valence-corrected chi connectivity index (χ3v) is 5.00. The summed E-state index contributed by atoms with van der Waals surface area (Å²) in [5.74, 6) is 2.34. The number of hydrogen-bond donors (Lipinski definition) is 0. The molecule has 0 bridgehead atoms. The molecular weight excluding hydrogens is 350 g/mol. The van der Waals surface area contributed by atoms with Crippen LogP contribution in [0.25, 0.3) is 22.0 Å². The molecule has 0 aliphatic heterocycles. The summed E-state index contributed by atoms with van der Waals surface area (Å²) in [6, 6.07) is 22.9. The van der Waals surface area contributed by atoms with Crippen LogP contribution < -0.4 is 14.2 Å². The molecule has 142 valence electrons. The maximum absolute atomic E-state index is 5.43. The predicted molar refractivity (Wildman–Crippen MR) is 113 cm³/mol.